The van der Waals surface area contributed by atoms with Gasteiger partial charge in [-0.3, -0.25) is 14.5 Å². The summed E-state index contributed by atoms with van der Waals surface area (Å²) in [5.41, 5.74) is 0.826. The Hall–Kier alpha value is -2.93. The van der Waals surface area contributed by atoms with Gasteiger partial charge in [-0.1, -0.05) is 35.5 Å². The fourth-order valence-corrected chi connectivity index (χ4v) is 3.36. The Kier molecular flexibility index (Phi) is 4.07. The van der Waals surface area contributed by atoms with E-state index < -0.39 is 0 Å². The smallest absolute Gasteiger partial charge is 0.261 e. The summed E-state index contributed by atoms with van der Waals surface area (Å²) >= 11 is 1.58. The number of amides is 2. The number of benzene rings is 2. The molecule has 0 radical (unpaired) electrons. The van der Waals surface area contributed by atoms with Gasteiger partial charge in [0.1, 0.15) is 0 Å². The van der Waals surface area contributed by atoms with Crippen molar-refractivity contribution >= 4 is 23.6 Å². The number of carbonyl (C=O) groups excluding carboxylic acids is 2. The van der Waals surface area contributed by atoms with E-state index in [9.17, 15) is 9.59 Å². The third kappa shape index (κ3) is 3.06. The van der Waals surface area contributed by atoms with Crippen LogP contribution in [-0.2, 0) is 12.3 Å². The Balaban J connectivity index is 1.44. The summed E-state index contributed by atoms with van der Waals surface area (Å²) in [7, 11) is 0. The maximum atomic E-state index is 12.3. The molecule has 7 heteroatoms. The van der Waals surface area contributed by atoms with Crippen molar-refractivity contribution in [3.8, 4) is 0 Å². The van der Waals surface area contributed by atoms with Crippen molar-refractivity contribution in [2.45, 2.75) is 17.2 Å². The van der Waals surface area contributed by atoms with E-state index in [1.807, 2.05) is 30.3 Å². The first-order valence-electron chi connectivity index (χ1n) is 7.67. The summed E-state index contributed by atoms with van der Waals surface area (Å²) in [5, 5.41) is 3.88. The normalized spacial score (nSPS) is 13.4. The molecule has 0 fully saturated rings. The van der Waals surface area contributed by atoms with E-state index in [0.717, 1.165) is 9.80 Å². The SMILES string of the molecule is O=C1c2ccccc2C(=O)N1Cc1noc(CSc2ccccc2)n1. The van der Waals surface area contributed by atoms with Crippen LogP contribution in [0, 0.1) is 0 Å². The lowest BCUT2D eigenvalue weighted by Gasteiger charge is -2.10. The van der Waals surface area contributed by atoms with Gasteiger partial charge in [-0.05, 0) is 24.3 Å². The number of rotatable bonds is 5. The number of aromatic nitrogens is 2. The summed E-state index contributed by atoms with van der Waals surface area (Å²) in [6.07, 6.45) is 0. The van der Waals surface area contributed by atoms with Crippen molar-refractivity contribution in [1.82, 2.24) is 15.0 Å². The summed E-state index contributed by atoms with van der Waals surface area (Å²) in [6.45, 7) is 0.00580. The highest BCUT2D eigenvalue weighted by Crippen LogP contribution is 2.24. The minimum absolute atomic E-state index is 0.00580. The molecule has 1 aliphatic heterocycles. The molecular formula is C18H13N3O3S. The van der Waals surface area contributed by atoms with E-state index in [4.69, 9.17) is 4.52 Å². The second kappa shape index (κ2) is 6.52. The van der Waals surface area contributed by atoms with Crippen LogP contribution in [0.3, 0.4) is 0 Å². The lowest BCUT2D eigenvalue weighted by molar-refractivity contribution is 0.0637. The highest BCUT2D eigenvalue weighted by molar-refractivity contribution is 7.98. The second-order valence-corrected chi connectivity index (χ2v) is 6.50. The molecule has 2 heterocycles. The van der Waals surface area contributed by atoms with Crippen LogP contribution in [0.4, 0.5) is 0 Å². The maximum absolute atomic E-state index is 12.3. The predicted molar refractivity (Wildman–Crippen MR) is 90.9 cm³/mol. The maximum Gasteiger partial charge on any atom is 0.261 e. The zero-order valence-electron chi connectivity index (χ0n) is 13.1. The second-order valence-electron chi connectivity index (χ2n) is 5.45. The topological polar surface area (TPSA) is 76.3 Å². The number of fused-ring (bicyclic) bond motifs is 1. The molecule has 0 spiro atoms. The van der Waals surface area contributed by atoms with Crippen molar-refractivity contribution < 1.29 is 14.1 Å². The summed E-state index contributed by atoms with van der Waals surface area (Å²) < 4.78 is 5.21. The van der Waals surface area contributed by atoms with Gasteiger partial charge in [0.05, 0.1) is 23.4 Å². The molecule has 2 aromatic carbocycles. The number of nitrogens with zero attached hydrogens (tertiary/aromatic N) is 3. The summed E-state index contributed by atoms with van der Waals surface area (Å²) in [6, 6.07) is 16.6. The first-order valence-corrected chi connectivity index (χ1v) is 8.65. The molecule has 6 nitrogen and oxygen atoms in total. The fourth-order valence-electron chi connectivity index (χ4n) is 2.60. The van der Waals surface area contributed by atoms with Crippen LogP contribution in [-0.4, -0.2) is 26.9 Å². The minimum atomic E-state index is -0.328. The number of hydrogen-bond donors (Lipinski definition) is 0. The minimum Gasteiger partial charge on any atom is -0.338 e. The van der Waals surface area contributed by atoms with Gasteiger partial charge in [0.25, 0.3) is 11.8 Å². The van der Waals surface area contributed by atoms with E-state index in [1.165, 1.54) is 0 Å². The van der Waals surface area contributed by atoms with Gasteiger partial charge in [-0.2, -0.15) is 4.98 Å². The van der Waals surface area contributed by atoms with Crippen molar-refractivity contribution in [3.63, 3.8) is 0 Å². The first kappa shape index (κ1) is 15.6. The largest absolute Gasteiger partial charge is 0.338 e. The molecule has 0 atom stereocenters. The molecule has 0 saturated carbocycles. The highest BCUT2D eigenvalue weighted by Gasteiger charge is 2.35. The lowest BCUT2D eigenvalue weighted by atomic mass is 10.1. The van der Waals surface area contributed by atoms with Gasteiger partial charge in [0.15, 0.2) is 5.82 Å². The van der Waals surface area contributed by atoms with E-state index in [1.54, 1.807) is 36.0 Å². The van der Waals surface area contributed by atoms with Gasteiger partial charge in [-0.25, -0.2) is 0 Å². The third-order valence-corrected chi connectivity index (χ3v) is 4.79. The zero-order valence-corrected chi connectivity index (χ0v) is 13.9. The number of imide groups is 1. The van der Waals surface area contributed by atoms with Crippen molar-refractivity contribution in [1.29, 1.82) is 0 Å². The quantitative estimate of drug-likeness (QED) is 0.519. The van der Waals surface area contributed by atoms with Gasteiger partial charge < -0.3 is 4.52 Å². The average molecular weight is 351 g/mol. The fraction of sp³-hybridized carbons (Fsp3) is 0.111. The Morgan fingerprint density at radius 3 is 2.24 bits per heavy atom. The third-order valence-electron chi connectivity index (χ3n) is 3.79. The van der Waals surface area contributed by atoms with E-state index in [2.05, 4.69) is 10.1 Å². The Morgan fingerprint density at radius 2 is 1.56 bits per heavy atom. The summed E-state index contributed by atoms with van der Waals surface area (Å²) in [5.74, 6) is 0.647. The zero-order chi connectivity index (χ0) is 17.2. The average Bonchev–Trinajstić information content (AvgIpc) is 3.20. The molecule has 0 aliphatic carbocycles. The molecule has 0 unspecified atom stereocenters. The molecule has 3 aromatic rings. The van der Waals surface area contributed by atoms with Crippen LogP contribution < -0.4 is 0 Å². The van der Waals surface area contributed by atoms with Crippen molar-refractivity contribution in [2.75, 3.05) is 0 Å². The van der Waals surface area contributed by atoms with Crippen LogP contribution >= 0.6 is 11.8 Å². The number of hydrogen-bond acceptors (Lipinski definition) is 6. The van der Waals surface area contributed by atoms with Crippen LogP contribution in [0.5, 0.6) is 0 Å². The predicted octanol–water partition coefficient (Wildman–Crippen LogP) is 3.16. The Morgan fingerprint density at radius 1 is 0.920 bits per heavy atom. The van der Waals surface area contributed by atoms with Crippen molar-refractivity contribution in [3.05, 3.63) is 77.4 Å². The van der Waals surface area contributed by atoms with Crippen LogP contribution in [0.25, 0.3) is 0 Å². The van der Waals surface area contributed by atoms with Gasteiger partial charge in [0, 0.05) is 4.90 Å². The van der Waals surface area contributed by atoms with Gasteiger partial charge in [0.2, 0.25) is 5.89 Å². The summed E-state index contributed by atoms with van der Waals surface area (Å²) in [4.78, 5) is 31.2. The molecule has 0 bridgehead atoms. The molecule has 1 aromatic heterocycles. The van der Waals surface area contributed by atoms with Crippen LogP contribution in [0.2, 0.25) is 0 Å². The standard InChI is InChI=1S/C18H13N3O3S/c22-17-13-8-4-5-9-14(13)18(23)21(17)10-15-19-16(24-20-15)11-25-12-6-2-1-3-7-12/h1-9H,10-11H2. The van der Waals surface area contributed by atoms with Crippen LogP contribution in [0.15, 0.2) is 64.0 Å². The van der Waals surface area contributed by atoms with Crippen LogP contribution in [0.1, 0.15) is 32.4 Å². The molecule has 0 N–H and O–H groups in total. The molecule has 1 aliphatic rings. The van der Waals surface area contributed by atoms with Gasteiger partial charge >= 0.3 is 0 Å². The Labute approximate surface area is 147 Å². The highest BCUT2D eigenvalue weighted by atomic mass is 32.2. The van der Waals surface area contributed by atoms with Gasteiger partial charge in [-0.15, -0.1) is 11.8 Å². The molecule has 2 amide bonds. The van der Waals surface area contributed by atoms with E-state index >= 15 is 0 Å². The lowest BCUT2D eigenvalue weighted by Crippen LogP contribution is -2.29. The number of thioether (sulfide) groups is 1. The van der Waals surface area contributed by atoms with E-state index in [-0.39, 0.29) is 18.4 Å². The van der Waals surface area contributed by atoms with E-state index in [0.29, 0.717) is 28.6 Å². The Bertz CT molecular complexity index is 905. The molecule has 25 heavy (non-hydrogen) atoms. The molecule has 4 rings (SSSR count). The molecule has 124 valence electrons. The van der Waals surface area contributed by atoms with Crippen molar-refractivity contribution in [2.24, 2.45) is 0 Å². The monoisotopic (exact) mass is 351 g/mol. The molecular weight excluding hydrogens is 338 g/mol. The number of carbonyl (C=O) groups is 2. The molecule has 0 saturated heterocycles. The first-order chi connectivity index (χ1) is 12.2.